The molecule has 1 saturated carbocycles. The third kappa shape index (κ3) is 8.97. The number of nitrogens with one attached hydrogen (secondary N) is 1. The lowest BCUT2D eigenvalue weighted by atomic mass is 9.75. The highest BCUT2D eigenvalue weighted by Gasteiger charge is 2.26. The zero-order chi connectivity index (χ0) is 24.6. The maximum absolute atomic E-state index is 11.5. The number of halogens is 2. The number of nitrogens with two attached hydrogens (primary N) is 1. The normalized spacial score (nSPS) is 15.9. The summed E-state index contributed by atoms with van der Waals surface area (Å²) in [4.78, 5) is 11.4. The smallest absolute Gasteiger partial charge is 0.300 e. The number of allylic oxidation sites excluding steroid dienone is 1. The van der Waals surface area contributed by atoms with E-state index < -0.39 is 11.7 Å². The summed E-state index contributed by atoms with van der Waals surface area (Å²) in [5.74, 6) is -4.62. The van der Waals surface area contributed by atoms with Crippen molar-refractivity contribution in [3.63, 3.8) is 0 Å². The number of hydrogen-bond donors (Lipinski definition) is 3. The van der Waals surface area contributed by atoms with Gasteiger partial charge in [-0.3, -0.25) is 4.79 Å². The Morgan fingerprint density at radius 2 is 1.70 bits per heavy atom. The first-order valence-electron chi connectivity index (χ1n) is 11.4. The minimum atomic E-state index is -3.14. The molecule has 0 saturated heterocycles. The molecule has 3 rings (SSSR count). The van der Waals surface area contributed by atoms with E-state index >= 15 is 0 Å². The summed E-state index contributed by atoms with van der Waals surface area (Å²) < 4.78 is 23.0. The largest absolute Gasteiger partial charge is 0.507 e. The monoisotopic (exact) mass is 458 g/mol. The zero-order valence-corrected chi connectivity index (χ0v) is 19.8. The molecule has 6 heteroatoms. The summed E-state index contributed by atoms with van der Waals surface area (Å²) in [6.45, 7) is 8.97. The van der Waals surface area contributed by atoms with Gasteiger partial charge in [0.2, 0.25) is 5.91 Å². The van der Waals surface area contributed by atoms with Crippen molar-refractivity contribution in [2.75, 3.05) is 6.54 Å². The van der Waals surface area contributed by atoms with Crippen LogP contribution in [0.5, 0.6) is 0 Å². The minimum Gasteiger partial charge on any atom is -0.507 e. The van der Waals surface area contributed by atoms with Crippen LogP contribution in [0.25, 0.3) is 11.1 Å². The van der Waals surface area contributed by atoms with Gasteiger partial charge in [-0.1, -0.05) is 56.8 Å². The Hall–Kier alpha value is -2.73. The summed E-state index contributed by atoms with van der Waals surface area (Å²) in [5.41, 5.74) is 9.95. The molecule has 0 aromatic heterocycles. The van der Waals surface area contributed by atoms with Gasteiger partial charge in [0, 0.05) is 18.5 Å². The van der Waals surface area contributed by atoms with Crippen LogP contribution in [-0.4, -0.2) is 29.5 Å². The summed E-state index contributed by atoms with van der Waals surface area (Å²) in [6, 6.07) is 16.7. The third-order valence-electron chi connectivity index (χ3n) is 6.10. The van der Waals surface area contributed by atoms with E-state index in [1.165, 1.54) is 31.2 Å². The highest BCUT2D eigenvalue weighted by atomic mass is 19.3. The first-order valence-corrected chi connectivity index (χ1v) is 11.4. The molecular weight excluding hydrogens is 422 g/mol. The second-order valence-electron chi connectivity index (χ2n) is 9.62. The Morgan fingerprint density at radius 3 is 2.24 bits per heavy atom. The summed E-state index contributed by atoms with van der Waals surface area (Å²) in [7, 11) is 0. The van der Waals surface area contributed by atoms with E-state index in [9.17, 15) is 13.6 Å². The van der Waals surface area contributed by atoms with Crippen molar-refractivity contribution in [1.82, 2.24) is 5.32 Å². The molecule has 2 aromatic carbocycles. The quantitative estimate of drug-likeness (QED) is 0.428. The fourth-order valence-electron chi connectivity index (χ4n) is 3.78. The molecule has 0 bridgehead atoms. The van der Waals surface area contributed by atoms with Crippen molar-refractivity contribution in [1.29, 1.82) is 0 Å². The van der Waals surface area contributed by atoms with Gasteiger partial charge in [0.1, 0.15) is 0 Å². The van der Waals surface area contributed by atoms with E-state index in [1.54, 1.807) is 6.07 Å². The van der Waals surface area contributed by atoms with Crippen LogP contribution >= 0.6 is 0 Å². The molecule has 0 aliphatic heterocycles. The fourth-order valence-corrected chi connectivity index (χ4v) is 3.78. The average Bonchev–Trinajstić information content (AvgIpc) is 2.75. The molecule has 1 fully saturated rings. The Balaban J connectivity index is 0.000000479. The number of aliphatic hydroxyl groups excluding tert-OH is 1. The average molecular weight is 459 g/mol. The Bertz CT molecular complexity index is 941. The van der Waals surface area contributed by atoms with E-state index in [1.807, 2.05) is 18.2 Å². The lowest BCUT2D eigenvalue weighted by Gasteiger charge is -2.34. The van der Waals surface area contributed by atoms with Crippen molar-refractivity contribution in [2.24, 2.45) is 11.1 Å². The molecule has 33 heavy (non-hydrogen) atoms. The molecule has 1 aliphatic carbocycles. The lowest BCUT2D eigenvalue weighted by Crippen LogP contribution is -2.36. The maximum Gasteiger partial charge on any atom is 0.300 e. The number of benzene rings is 2. The van der Waals surface area contributed by atoms with Crippen molar-refractivity contribution in [2.45, 2.75) is 64.8 Å². The van der Waals surface area contributed by atoms with Gasteiger partial charge >= 0.3 is 0 Å². The van der Waals surface area contributed by atoms with E-state index in [0.717, 1.165) is 24.1 Å². The topological polar surface area (TPSA) is 75.3 Å². The number of primary amides is 1. The SMILES string of the molecule is C=C(O)C(C)(F)F.CC1(C)CCC(NCCc2cccc(-c3cccc(C(N)=O)c3)c2)CC1. The van der Waals surface area contributed by atoms with Gasteiger partial charge in [0.15, 0.2) is 5.76 Å². The molecule has 0 radical (unpaired) electrons. The predicted octanol–water partition coefficient (Wildman–Crippen LogP) is 6.27. The Labute approximate surface area is 195 Å². The van der Waals surface area contributed by atoms with Crippen molar-refractivity contribution >= 4 is 5.91 Å². The van der Waals surface area contributed by atoms with E-state index in [-0.39, 0.29) is 5.91 Å². The van der Waals surface area contributed by atoms with Crippen molar-refractivity contribution in [3.8, 4) is 11.1 Å². The van der Waals surface area contributed by atoms with Gasteiger partial charge < -0.3 is 16.2 Å². The molecule has 2 aromatic rings. The van der Waals surface area contributed by atoms with E-state index in [4.69, 9.17) is 10.8 Å². The molecule has 1 amide bonds. The first-order chi connectivity index (χ1) is 15.4. The molecule has 0 unspecified atom stereocenters. The summed E-state index contributed by atoms with van der Waals surface area (Å²) in [5, 5.41) is 11.7. The van der Waals surface area contributed by atoms with Crippen LogP contribution in [0, 0.1) is 5.41 Å². The molecule has 0 atom stereocenters. The molecule has 4 N–H and O–H groups in total. The highest BCUT2D eigenvalue weighted by molar-refractivity contribution is 5.94. The van der Waals surface area contributed by atoms with Gasteiger partial charge in [-0.25, -0.2) is 0 Å². The zero-order valence-electron chi connectivity index (χ0n) is 19.8. The maximum atomic E-state index is 11.5. The van der Waals surface area contributed by atoms with Crippen molar-refractivity contribution < 1.29 is 18.7 Å². The van der Waals surface area contributed by atoms with Crippen LogP contribution in [0.4, 0.5) is 8.78 Å². The molecule has 180 valence electrons. The molecule has 4 nitrogen and oxygen atoms in total. The lowest BCUT2D eigenvalue weighted by molar-refractivity contribution is 0.0197. The minimum absolute atomic E-state index is 0.386. The Morgan fingerprint density at radius 1 is 1.15 bits per heavy atom. The number of aliphatic hydroxyl groups is 1. The number of rotatable bonds is 7. The number of carbonyl (C=O) groups excluding carboxylic acids is 1. The van der Waals surface area contributed by atoms with Crippen LogP contribution < -0.4 is 11.1 Å². The van der Waals surface area contributed by atoms with Gasteiger partial charge in [-0.2, -0.15) is 8.78 Å². The number of alkyl halides is 2. The molecule has 0 spiro atoms. The highest BCUT2D eigenvalue weighted by Crippen LogP contribution is 2.35. The molecular formula is C27H36F2N2O2. The summed E-state index contributed by atoms with van der Waals surface area (Å²) in [6.07, 6.45) is 6.22. The standard InChI is InChI=1S/C23H30N2O.C4H6F2O/c1-23(2)12-9-21(10-13-23)25-14-11-17-5-3-6-18(15-17)19-7-4-8-20(16-19)22(24)26;1-3(7)4(2,5)6/h3-8,15-16,21,25H,9-14H2,1-2H3,(H2,24,26);7H,1H2,2H3. The third-order valence-corrected chi connectivity index (χ3v) is 6.10. The van der Waals surface area contributed by atoms with E-state index in [2.05, 4.69) is 50.0 Å². The second-order valence-corrected chi connectivity index (χ2v) is 9.62. The van der Waals surface area contributed by atoms with Crippen LogP contribution in [0.1, 0.15) is 62.4 Å². The van der Waals surface area contributed by atoms with Crippen molar-refractivity contribution in [3.05, 3.63) is 72.0 Å². The predicted molar refractivity (Wildman–Crippen MR) is 131 cm³/mol. The van der Waals surface area contributed by atoms with Gasteiger partial charge in [-0.05, 0) is 72.9 Å². The van der Waals surface area contributed by atoms with Crippen LogP contribution in [0.2, 0.25) is 0 Å². The number of amides is 1. The van der Waals surface area contributed by atoms with Gasteiger partial charge in [-0.15, -0.1) is 0 Å². The Kier molecular flexibility index (Phi) is 9.17. The fraction of sp³-hybridized carbons (Fsp3) is 0.444. The van der Waals surface area contributed by atoms with Crippen LogP contribution in [0.15, 0.2) is 60.9 Å². The number of hydrogen-bond acceptors (Lipinski definition) is 3. The first kappa shape index (κ1) is 26.5. The van der Waals surface area contributed by atoms with Gasteiger partial charge in [0.05, 0.1) is 0 Å². The molecule has 0 heterocycles. The van der Waals surface area contributed by atoms with Crippen LogP contribution in [-0.2, 0) is 6.42 Å². The molecule has 1 aliphatic rings. The summed E-state index contributed by atoms with van der Waals surface area (Å²) >= 11 is 0. The number of carbonyl (C=O) groups is 1. The van der Waals surface area contributed by atoms with E-state index in [0.29, 0.717) is 23.9 Å². The van der Waals surface area contributed by atoms with Crippen LogP contribution in [0.3, 0.4) is 0 Å². The van der Waals surface area contributed by atoms with Gasteiger partial charge in [0.25, 0.3) is 5.92 Å². The second kappa shape index (κ2) is 11.4.